The number of aromatic hydroxyl groups is 3. The average Bonchev–Trinajstić information content (AvgIpc) is 0.927. The molecule has 0 unspecified atom stereocenters. The molecule has 0 aliphatic carbocycles. The fourth-order valence-corrected chi connectivity index (χ4v) is 19.2. The van der Waals surface area contributed by atoms with Crippen LogP contribution in [-0.4, -0.2) is 249 Å². The minimum absolute atomic E-state index is 0. The molecule has 3 fully saturated rings. The second-order valence-electron chi connectivity index (χ2n) is 33.6. The maximum absolute atomic E-state index is 16.4. The lowest BCUT2D eigenvalue weighted by molar-refractivity contribution is -0.689. The quantitative estimate of drug-likeness (QED) is 0.0127. The minimum Gasteiger partial charge on any atom is -0.543 e. The number of hydrogen-bond acceptors (Lipinski definition) is 35. The Morgan fingerprint density at radius 1 is 0.755 bits per heavy atom. The number of halogens is 6. The first kappa shape index (κ1) is 108. The smallest absolute Gasteiger partial charge is 0.276 e. The van der Waals surface area contributed by atoms with E-state index >= 15 is 28.8 Å². The van der Waals surface area contributed by atoms with Crippen molar-refractivity contribution < 1.29 is 142 Å². The number of aliphatic hydroxyl groups excluding tert-OH is 6. The Labute approximate surface area is 832 Å². The van der Waals surface area contributed by atoms with E-state index in [0.29, 0.717) is 5.57 Å². The number of aliphatic carboxylic acids is 1. The van der Waals surface area contributed by atoms with Gasteiger partial charge in [0.1, 0.15) is 124 Å². The molecule has 44 nitrogen and oxygen atoms in total. The van der Waals surface area contributed by atoms with Gasteiger partial charge in [0.25, 0.3) is 11.8 Å². The Morgan fingerprint density at radius 3 is 2.01 bits per heavy atom. The predicted octanol–water partition coefficient (Wildman–Crippen LogP) is 0.298. The molecule has 139 heavy (non-hydrogen) atoms. The summed E-state index contributed by atoms with van der Waals surface area (Å²) >= 11 is 22.8. The molecular formula is C87H98Cl6N16O28S2. The Bertz CT molecular complexity index is 5940. The molecule has 24 N–H and O–H groups in total. The summed E-state index contributed by atoms with van der Waals surface area (Å²) in [5.74, 6) is -19.2. The summed E-state index contributed by atoms with van der Waals surface area (Å²) in [7, 11) is 1.46. The van der Waals surface area contributed by atoms with Crippen LogP contribution < -0.4 is 88.9 Å². The van der Waals surface area contributed by atoms with E-state index in [1.807, 2.05) is 0 Å². The van der Waals surface area contributed by atoms with Crippen molar-refractivity contribution in [1.29, 1.82) is 0 Å². The number of benzene rings is 5. The van der Waals surface area contributed by atoms with Gasteiger partial charge in [-0.2, -0.15) is 0 Å². The van der Waals surface area contributed by atoms with E-state index in [1.165, 1.54) is 44.8 Å². The minimum atomic E-state index is -2.41. The van der Waals surface area contributed by atoms with Crippen LogP contribution in [0.4, 0.5) is 5.13 Å². The molecule has 0 saturated carbocycles. The Kier molecular flexibility index (Phi) is 35.3. The second-order valence-corrected chi connectivity index (χ2v) is 37.2. The highest BCUT2D eigenvalue weighted by molar-refractivity contribution is 8.00. The molecule has 5 aromatic carbocycles. The van der Waals surface area contributed by atoms with Crippen LogP contribution >= 0.6 is 95.1 Å². The summed E-state index contributed by atoms with van der Waals surface area (Å²) in [6.45, 7) is 4.79. The van der Waals surface area contributed by atoms with Crippen LogP contribution in [0.25, 0.3) is 11.1 Å². The number of fused-ring (bicyclic) bond motifs is 16. The van der Waals surface area contributed by atoms with Gasteiger partial charge in [-0.1, -0.05) is 89.4 Å². The number of carbonyl (C=O) groups is 11. The lowest BCUT2D eigenvalue weighted by Crippen LogP contribution is -2.71. The number of phenolic OH excluding ortho intramolecular Hbond substituents is 3. The van der Waals surface area contributed by atoms with Gasteiger partial charge in [-0.25, -0.2) is 9.55 Å². The lowest BCUT2D eigenvalue weighted by Gasteiger charge is -2.50. The molecule has 16 rings (SSSR count). The number of carbonyl (C=O) groups excluding carboxylic acids is 11. The van der Waals surface area contributed by atoms with Crippen LogP contribution in [0, 0.1) is 5.92 Å². The van der Waals surface area contributed by atoms with Gasteiger partial charge in [0.2, 0.25) is 59.3 Å². The fourth-order valence-electron chi connectivity index (χ4n) is 16.5. The molecule has 2 aromatic heterocycles. The molecule has 9 aliphatic rings. The molecule has 52 heteroatoms. The number of aromatic nitrogens is 2. The number of nitrogens with zero attached hydrogens (tertiary/aromatic N) is 4. The van der Waals surface area contributed by atoms with Crippen molar-refractivity contribution in [2.45, 2.75) is 181 Å². The standard InChI is InChI=1S/C87H95Cl3N16O28S2.3ClH/c1-33(2)20-45(94-5)74(117)100-62-66(112)36-11-14-49(43(88)22-36)130-51-24-38-25-52(70(51)134-85-71(69(115)68(114)53(31-107)132-85)133-55-29-87(4,93)72(116)34(3)129-55)131-50-15-12-37(23-44(50)89)67(113)63-81(124)99-59(42-26-40(108)27-48(110)56(42)41-21-35(10-13-47(41)109)57(77(120)101-63)98-78(121)58(38)97-75(118)46(28-54(91)111)96-80(62)123)76(119)95-16-9-19-128-104-61(60-73(90)136-86(92)103-60)79(122)102-64-82(125)106-65(84(126)127)39(32-135-83(64)106)30-105-17-7-6-8-18-105;;;/h6-8,10-15,17-18,21-27,33-34,45-46,53,55,57-59,62-64,66-69,71-72,83,85,94,107,112-116H,9,16,19-20,28-32,93H2,1-5H3,(H15-,91,92,95,96,97,98,99,100,101,102,103,104,108,109,110,111,117,118,119,120,121,122,123,124,126,127);3*1H/t34-,45+,46-,53+,55-,57+,58+,59+,62+,63-,64+,66+,67+,68+,69-,71+,72+,83+,85-,87-;;;/m0.../s1. The van der Waals surface area contributed by atoms with Gasteiger partial charge in [0.05, 0.1) is 53.0 Å². The highest BCUT2D eigenvalue weighted by Gasteiger charge is 2.55. The zero-order valence-electron chi connectivity index (χ0n) is 73.8. The number of phenols is 3. The number of hydrogen-bond donors (Lipinski definition) is 21. The summed E-state index contributed by atoms with van der Waals surface area (Å²) < 4.78 is 40.3. The molecule has 10 amide bonds. The van der Waals surface area contributed by atoms with Crippen LogP contribution in [0.3, 0.4) is 0 Å². The van der Waals surface area contributed by atoms with E-state index < -0.39 is 296 Å². The van der Waals surface area contributed by atoms with E-state index in [9.17, 15) is 75.0 Å². The topological polar surface area (TPSA) is 676 Å². The molecule has 748 valence electrons. The summed E-state index contributed by atoms with van der Waals surface area (Å²) in [5, 5.41) is 144. The van der Waals surface area contributed by atoms with E-state index in [-0.39, 0.29) is 112 Å². The van der Waals surface area contributed by atoms with Crippen molar-refractivity contribution in [1.82, 2.24) is 57.7 Å². The summed E-state index contributed by atoms with van der Waals surface area (Å²) in [5.41, 5.74) is 13.1. The number of rotatable bonds is 24. The first-order valence-electron chi connectivity index (χ1n) is 42.4. The Balaban J connectivity index is 0.00000617. The number of β-lactam (4-membered cyclic amide) rings is 1. The monoisotopic (exact) mass is 2090 g/mol. The number of ether oxygens (including phenoxy) is 6. The predicted molar refractivity (Wildman–Crippen MR) is 499 cm³/mol. The van der Waals surface area contributed by atoms with Gasteiger partial charge in [-0.15, -0.1) is 49.0 Å². The number of oxime groups is 1. The third kappa shape index (κ3) is 23.6. The van der Waals surface area contributed by atoms with Gasteiger partial charge in [-0.05, 0) is 116 Å². The number of thioether (sulfide) groups is 1. The largest absolute Gasteiger partial charge is 0.543 e. The molecule has 0 radical (unpaired) electrons. The molecule has 11 heterocycles. The number of aliphatic hydroxyl groups is 6. The number of amides is 10. The van der Waals surface area contributed by atoms with Gasteiger partial charge in [0, 0.05) is 65.6 Å². The van der Waals surface area contributed by atoms with Crippen molar-refractivity contribution in [3.8, 4) is 57.1 Å². The SMILES string of the molecule is CN[C@H](CC(C)C)C(=O)N[C@H]1C(=O)N[C@@H](CC(N)=O)C(=O)N[C@H]2C(=O)N[C@H]3C(=O)N[C@H](C(=O)N[C@@H](C(=O)NCCCO/N=C(\C(=O)N[C@@H]4C(=O)N5C(C(=O)[O-])=C(C[n+]6ccccc6)CS[C@H]45)c4nc(N)sc4Cl)c4cc(O)cc(O)c4-c4cc3ccc4O)[C@H](O)c3ccc(c(Cl)c3)Oc3cc2cc(c3O[C@@H]2O[C@H](CO)[C@@H](O)[C@H](O)[C@H]2O[C@H]2C[C@](C)(N)[C@H](O)[C@H](C)O2)Oc2ccc(cc2Cl)[C@H]1O.Cl.Cl.Cl. The van der Waals surface area contributed by atoms with Crippen molar-refractivity contribution in [3.05, 3.63) is 169 Å². The van der Waals surface area contributed by atoms with Gasteiger partial charge >= 0.3 is 0 Å². The highest BCUT2D eigenvalue weighted by Crippen LogP contribution is 2.51. The average molecular weight is 2090 g/mol. The van der Waals surface area contributed by atoms with Crippen LogP contribution in [0.15, 0.2) is 126 Å². The van der Waals surface area contributed by atoms with Crippen molar-refractivity contribution >= 4 is 171 Å². The zero-order chi connectivity index (χ0) is 98.1. The van der Waals surface area contributed by atoms with E-state index in [4.69, 9.17) is 85.3 Å². The molecule has 0 spiro atoms. The molecule has 7 aromatic rings. The zero-order valence-corrected chi connectivity index (χ0v) is 80.1. The first-order valence-corrected chi connectivity index (χ1v) is 45.4. The number of nitrogens with two attached hydrogens (primary N) is 3. The number of anilines is 1. The number of thiazole rings is 1. The van der Waals surface area contributed by atoms with Gasteiger partial charge in [0.15, 0.2) is 53.7 Å². The second kappa shape index (κ2) is 45.4. The number of primary amides is 1. The first-order chi connectivity index (χ1) is 64.6. The van der Waals surface area contributed by atoms with Crippen molar-refractivity contribution in [2.24, 2.45) is 22.5 Å². The Hall–Kier alpha value is -11.5. The molecule has 20 atom stereocenters. The Morgan fingerprint density at radius 2 is 1.40 bits per heavy atom. The van der Waals surface area contributed by atoms with E-state index in [2.05, 4.69) is 58.0 Å². The summed E-state index contributed by atoms with van der Waals surface area (Å²) in [6, 6.07) is 2.92. The van der Waals surface area contributed by atoms with Crippen LogP contribution in [-0.2, 0) is 78.3 Å². The molecule has 11 bridgehead atoms. The third-order valence-corrected chi connectivity index (χ3v) is 26.4. The molecule has 9 aliphatic heterocycles. The number of carboxylic acid groups (broad SMARTS) is 1. The van der Waals surface area contributed by atoms with Crippen LogP contribution in [0.1, 0.15) is 117 Å². The summed E-state index contributed by atoms with van der Waals surface area (Å²) in [4.78, 5) is 173. The molecular weight excluding hydrogens is 1990 g/mol. The van der Waals surface area contributed by atoms with Crippen LogP contribution in [0.5, 0.6) is 46.0 Å². The number of likely N-dealkylation sites (N-methyl/N-ethyl adjacent to an activating group) is 1. The normalized spacial score (nSPS) is 26.5. The molecule has 3 saturated heterocycles. The van der Waals surface area contributed by atoms with Crippen LogP contribution in [0.2, 0.25) is 14.4 Å². The number of pyridine rings is 1. The van der Waals surface area contributed by atoms with Crippen molar-refractivity contribution in [2.75, 3.05) is 38.3 Å². The lowest BCUT2D eigenvalue weighted by atomic mass is 9.86. The third-order valence-electron chi connectivity index (χ3n) is 23.4. The highest BCUT2D eigenvalue weighted by atomic mass is 35.5. The number of nitrogens with one attached hydrogen (secondary N) is 9. The van der Waals surface area contributed by atoms with E-state index in [1.54, 1.807) is 49.0 Å². The maximum Gasteiger partial charge on any atom is 0.276 e. The van der Waals surface area contributed by atoms with Gasteiger partial charge < -0.3 is 154 Å². The van der Waals surface area contributed by atoms with Gasteiger partial charge in [-0.3, -0.25) is 52.8 Å². The van der Waals surface area contributed by atoms with E-state index in [0.717, 1.165) is 83.0 Å². The fraction of sp³-hybridized carbons (Fsp3) is 0.402. The number of nitrogen functional groups attached to an aromatic ring is 1. The summed E-state index contributed by atoms with van der Waals surface area (Å²) in [6.07, 6.45) is -15.9. The maximum atomic E-state index is 16.4. The number of carboxylic acids is 1. The van der Waals surface area contributed by atoms with Crippen molar-refractivity contribution in [3.63, 3.8) is 0 Å².